The molecule has 3 aromatic carbocycles. The van der Waals surface area contributed by atoms with Gasteiger partial charge in [-0.15, -0.1) is 0 Å². The van der Waals surface area contributed by atoms with Gasteiger partial charge in [0.15, 0.2) is 5.11 Å². The van der Waals surface area contributed by atoms with Crippen LogP contribution >= 0.6 is 12.2 Å². The molecule has 2 amide bonds. The van der Waals surface area contributed by atoms with Crippen molar-refractivity contribution in [1.82, 2.24) is 4.98 Å². The number of nitrogens with zero attached hydrogens (tertiary/aromatic N) is 4. The van der Waals surface area contributed by atoms with Gasteiger partial charge < -0.3 is 4.74 Å². The zero-order chi connectivity index (χ0) is 28.4. The summed E-state index contributed by atoms with van der Waals surface area (Å²) in [5, 5.41) is 10.9. The van der Waals surface area contributed by atoms with Gasteiger partial charge in [0.2, 0.25) is 5.88 Å². The zero-order valence-electron chi connectivity index (χ0n) is 21.5. The van der Waals surface area contributed by atoms with Gasteiger partial charge in [0, 0.05) is 12.1 Å². The van der Waals surface area contributed by atoms with Gasteiger partial charge in [0.1, 0.15) is 17.5 Å². The number of hydrogen-bond acceptors (Lipinski definition) is 7. The molecule has 0 unspecified atom stereocenters. The first kappa shape index (κ1) is 26.4. The maximum atomic E-state index is 13.7. The van der Waals surface area contributed by atoms with Gasteiger partial charge in [0.25, 0.3) is 17.5 Å². The topological polar surface area (TPSA) is 106 Å². The molecule has 0 bridgehead atoms. The van der Waals surface area contributed by atoms with Crippen molar-refractivity contribution in [1.29, 1.82) is 0 Å². The smallest absolute Gasteiger partial charge is 0.287 e. The molecule has 40 heavy (non-hydrogen) atoms. The molecule has 1 aromatic heterocycles. The second kappa shape index (κ2) is 10.9. The Morgan fingerprint density at radius 1 is 0.850 bits per heavy atom. The van der Waals surface area contributed by atoms with E-state index in [1.807, 2.05) is 38.1 Å². The number of carbonyl (C=O) groups excluding carboxylic acids is 2. The first-order valence-electron chi connectivity index (χ1n) is 12.2. The molecule has 0 atom stereocenters. The number of para-hydroxylation sites is 1. The average Bonchev–Trinajstić information content (AvgIpc) is 2.95. The molecule has 0 saturated carbocycles. The van der Waals surface area contributed by atoms with Crippen molar-refractivity contribution >= 4 is 52.3 Å². The lowest BCUT2D eigenvalue weighted by atomic mass is 10.0. The molecular formula is C30H22N4O5S. The van der Waals surface area contributed by atoms with E-state index in [-0.39, 0.29) is 22.3 Å². The number of nitro groups is 1. The van der Waals surface area contributed by atoms with Crippen LogP contribution in [0.5, 0.6) is 11.6 Å². The molecule has 0 radical (unpaired) electrons. The third-order valence-corrected chi connectivity index (χ3v) is 6.72. The molecule has 1 aliphatic heterocycles. The fraction of sp³-hybridized carbons (Fsp3) is 0.0667. The van der Waals surface area contributed by atoms with Crippen molar-refractivity contribution in [3.8, 4) is 11.6 Å². The lowest BCUT2D eigenvalue weighted by molar-refractivity contribution is -0.385. The fourth-order valence-corrected chi connectivity index (χ4v) is 4.46. The second-order valence-corrected chi connectivity index (χ2v) is 9.37. The summed E-state index contributed by atoms with van der Waals surface area (Å²) in [7, 11) is 0. The normalized spacial score (nSPS) is 14.6. The Balaban J connectivity index is 1.48. The molecule has 9 nitrogen and oxygen atoms in total. The Kier molecular flexibility index (Phi) is 7.17. The zero-order valence-corrected chi connectivity index (χ0v) is 22.3. The van der Waals surface area contributed by atoms with Crippen LogP contribution in [0.25, 0.3) is 6.08 Å². The second-order valence-electron chi connectivity index (χ2n) is 9.01. The number of aryl methyl sites for hydroxylation is 2. The van der Waals surface area contributed by atoms with E-state index in [9.17, 15) is 19.7 Å². The number of ether oxygens (including phenoxy) is 1. The Hall–Kier alpha value is -5.22. The molecule has 2 heterocycles. The third-order valence-electron chi connectivity index (χ3n) is 6.36. The van der Waals surface area contributed by atoms with E-state index in [4.69, 9.17) is 17.0 Å². The Morgan fingerprint density at radius 2 is 1.52 bits per heavy atom. The van der Waals surface area contributed by atoms with Crippen LogP contribution in [0, 0.1) is 24.0 Å². The minimum atomic E-state index is -0.542. The molecule has 198 valence electrons. The summed E-state index contributed by atoms with van der Waals surface area (Å²) in [6, 6.07) is 23.9. The van der Waals surface area contributed by atoms with Crippen molar-refractivity contribution in [3.05, 3.63) is 124 Å². The van der Waals surface area contributed by atoms with Crippen LogP contribution in [0.15, 0.2) is 96.7 Å². The summed E-state index contributed by atoms with van der Waals surface area (Å²) in [5.41, 5.74) is 3.55. The number of carbonyl (C=O) groups is 2. The number of hydrogen-bond donors (Lipinski definition) is 0. The van der Waals surface area contributed by atoms with Crippen LogP contribution in [0.3, 0.4) is 0 Å². The fourth-order valence-electron chi connectivity index (χ4n) is 4.09. The summed E-state index contributed by atoms with van der Waals surface area (Å²) >= 11 is 5.69. The summed E-state index contributed by atoms with van der Waals surface area (Å²) in [5.74, 6) is -0.448. The molecule has 10 heteroatoms. The monoisotopic (exact) mass is 550 g/mol. The maximum Gasteiger partial charge on any atom is 0.287 e. The lowest BCUT2D eigenvalue weighted by Gasteiger charge is -2.36. The third kappa shape index (κ3) is 5.20. The standard InChI is InChI=1S/C30H22N4O5S/c1-19-8-11-23(16-20(19)2)33-29(36)26(28(35)32(30(33)40)22-6-4-3-5-7-22)17-21-9-13-25(14-10-21)39-27-15-12-24(18-31-27)34(37)38/h3-18H,1-2H3/b26-17-. The van der Waals surface area contributed by atoms with Crippen LogP contribution < -0.4 is 14.5 Å². The summed E-state index contributed by atoms with van der Waals surface area (Å²) in [6.45, 7) is 3.93. The van der Waals surface area contributed by atoms with E-state index in [0.29, 0.717) is 22.7 Å². The summed E-state index contributed by atoms with van der Waals surface area (Å²) in [6.07, 6.45) is 2.63. The van der Waals surface area contributed by atoms with Gasteiger partial charge in [-0.05, 0) is 85.2 Å². The molecule has 5 rings (SSSR count). The molecule has 0 N–H and O–H groups in total. The predicted molar refractivity (Wildman–Crippen MR) is 155 cm³/mol. The molecule has 1 aliphatic rings. The van der Waals surface area contributed by atoms with Crippen LogP contribution in [-0.4, -0.2) is 26.8 Å². The highest BCUT2D eigenvalue weighted by atomic mass is 32.1. The summed E-state index contributed by atoms with van der Waals surface area (Å²) < 4.78 is 5.66. The molecule has 1 saturated heterocycles. The van der Waals surface area contributed by atoms with E-state index in [1.165, 1.54) is 28.0 Å². The number of anilines is 2. The Bertz CT molecular complexity index is 1670. The number of rotatable bonds is 6. The molecule has 0 spiro atoms. The van der Waals surface area contributed by atoms with Gasteiger partial charge in [0.05, 0.1) is 16.3 Å². The van der Waals surface area contributed by atoms with E-state index in [0.717, 1.165) is 17.3 Å². The minimum Gasteiger partial charge on any atom is -0.439 e. The van der Waals surface area contributed by atoms with Gasteiger partial charge in [-0.1, -0.05) is 36.4 Å². The van der Waals surface area contributed by atoms with E-state index in [2.05, 4.69) is 4.98 Å². The van der Waals surface area contributed by atoms with Gasteiger partial charge in [-0.2, -0.15) is 0 Å². The Labute approximate surface area is 235 Å². The number of pyridine rings is 1. The van der Waals surface area contributed by atoms with Gasteiger partial charge >= 0.3 is 0 Å². The van der Waals surface area contributed by atoms with Crippen LogP contribution in [0.4, 0.5) is 17.1 Å². The van der Waals surface area contributed by atoms with Crippen molar-refractivity contribution < 1.29 is 19.2 Å². The van der Waals surface area contributed by atoms with Crippen molar-refractivity contribution in [2.24, 2.45) is 0 Å². The SMILES string of the molecule is Cc1ccc(N2C(=O)/C(=C\c3ccc(Oc4ccc([N+](=O)[O-])cn4)cc3)C(=O)N(c3ccccc3)C2=S)cc1C. The van der Waals surface area contributed by atoms with Gasteiger partial charge in [-0.25, -0.2) is 4.98 Å². The Morgan fingerprint density at radius 3 is 2.12 bits per heavy atom. The van der Waals surface area contributed by atoms with Crippen LogP contribution in [-0.2, 0) is 9.59 Å². The predicted octanol–water partition coefficient (Wildman–Crippen LogP) is 6.15. The molecule has 1 fully saturated rings. The van der Waals surface area contributed by atoms with E-state index >= 15 is 0 Å². The highest BCUT2D eigenvalue weighted by Gasteiger charge is 2.41. The first-order chi connectivity index (χ1) is 19.2. The molecule has 4 aromatic rings. The number of thiocarbonyl (C=S) groups is 1. The quantitative estimate of drug-likeness (QED) is 0.0932. The minimum absolute atomic E-state index is 0.0543. The largest absolute Gasteiger partial charge is 0.439 e. The highest BCUT2D eigenvalue weighted by Crippen LogP contribution is 2.31. The van der Waals surface area contributed by atoms with Crippen LogP contribution in [0.2, 0.25) is 0 Å². The van der Waals surface area contributed by atoms with Crippen LogP contribution in [0.1, 0.15) is 16.7 Å². The molecule has 0 aliphatic carbocycles. The van der Waals surface area contributed by atoms with Crippen molar-refractivity contribution in [2.75, 3.05) is 9.80 Å². The summed E-state index contributed by atoms with van der Waals surface area (Å²) in [4.78, 5) is 44.4. The number of aromatic nitrogens is 1. The maximum absolute atomic E-state index is 13.7. The highest BCUT2D eigenvalue weighted by molar-refractivity contribution is 7.81. The van der Waals surface area contributed by atoms with Gasteiger partial charge in [-0.3, -0.25) is 29.5 Å². The first-order valence-corrected chi connectivity index (χ1v) is 12.6. The number of benzene rings is 3. The average molecular weight is 551 g/mol. The van der Waals surface area contributed by atoms with Crippen molar-refractivity contribution in [2.45, 2.75) is 13.8 Å². The van der Waals surface area contributed by atoms with E-state index < -0.39 is 16.7 Å². The van der Waals surface area contributed by atoms with E-state index in [1.54, 1.807) is 48.5 Å². The lowest BCUT2D eigenvalue weighted by Crippen LogP contribution is -2.57. The number of amides is 2. The molecular weight excluding hydrogens is 528 g/mol. The van der Waals surface area contributed by atoms with Crippen molar-refractivity contribution in [3.63, 3.8) is 0 Å².